The Morgan fingerprint density at radius 1 is 1.27 bits per heavy atom. The van der Waals surface area contributed by atoms with E-state index in [9.17, 15) is 19.5 Å². The van der Waals surface area contributed by atoms with Crippen LogP contribution < -0.4 is 10.6 Å². The molecule has 3 atom stereocenters. The van der Waals surface area contributed by atoms with Gasteiger partial charge in [0, 0.05) is 36.0 Å². The lowest BCUT2D eigenvalue weighted by atomic mass is 9.97. The van der Waals surface area contributed by atoms with Crippen LogP contribution in [0, 0.1) is 5.92 Å². The number of fused-ring (bicyclic) bond motifs is 1. The maximum atomic E-state index is 13.2. The van der Waals surface area contributed by atoms with E-state index in [2.05, 4.69) is 15.6 Å². The first kappa shape index (κ1) is 24.5. The number of aliphatic hydroxyl groups is 1. The molecule has 33 heavy (non-hydrogen) atoms. The van der Waals surface area contributed by atoms with Crippen LogP contribution in [-0.4, -0.2) is 53.2 Å². The number of cyclic esters (lactones) is 1. The van der Waals surface area contributed by atoms with E-state index < -0.39 is 12.0 Å². The number of nitrogens with one attached hydrogen (secondary N) is 3. The van der Waals surface area contributed by atoms with Crippen LogP contribution in [-0.2, 0) is 25.5 Å². The van der Waals surface area contributed by atoms with Gasteiger partial charge in [-0.05, 0) is 44.2 Å². The van der Waals surface area contributed by atoms with Crippen LogP contribution in [0.5, 0.6) is 0 Å². The quantitative estimate of drug-likeness (QED) is 0.394. The van der Waals surface area contributed by atoms with Crippen LogP contribution in [0.25, 0.3) is 10.9 Å². The van der Waals surface area contributed by atoms with Gasteiger partial charge in [0.25, 0.3) is 0 Å². The van der Waals surface area contributed by atoms with E-state index in [1.165, 1.54) is 0 Å². The van der Waals surface area contributed by atoms with Crippen LogP contribution in [0.3, 0.4) is 0 Å². The van der Waals surface area contributed by atoms with Gasteiger partial charge in [0.05, 0.1) is 18.6 Å². The molecule has 1 aliphatic heterocycles. The molecule has 4 N–H and O–H groups in total. The molecule has 178 valence electrons. The Morgan fingerprint density at radius 2 is 2.09 bits per heavy atom. The molecule has 8 heteroatoms. The van der Waals surface area contributed by atoms with E-state index in [-0.39, 0.29) is 43.5 Å². The van der Waals surface area contributed by atoms with Gasteiger partial charge in [0.15, 0.2) is 0 Å². The number of aromatic nitrogens is 1. The molecule has 2 aromatic rings. The lowest BCUT2D eigenvalue weighted by Gasteiger charge is -2.22. The Balaban J connectivity index is 1.76. The molecule has 0 unspecified atom stereocenters. The first-order valence-corrected chi connectivity index (χ1v) is 11.5. The minimum atomic E-state index is -0.561. The van der Waals surface area contributed by atoms with Crippen molar-refractivity contribution < 1.29 is 24.2 Å². The third kappa shape index (κ3) is 7.46. The van der Waals surface area contributed by atoms with Crippen LogP contribution in [0.15, 0.2) is 42.6 Å². The highest BCUT2D eigenvalue weighted by molar-refractivity contribution is 5.86. The second kappa shape index (κ2) is 12.2. The Labute approximate surface area is 193 Å². The molecule has 0 radical (unpaired) electrons. The summed E-state index contributed by atoms with van der Waals surface area (Å²) in [6.45, 7) is 1.60. The highest BCUT2D eigenvalue weighted by Crippen LogP contribution is 2.20. The Hall–Kier alpha value is -3.13. The summed E-state index contributed by atoms with van der Waals surface area (Å²) in [5, 5.41) is 15.9. The Bertz CT molecular complexity index is 983. The fourth-order valence-corrected chi connectivity index (χ4v) is 3.93. The normalized spacial score (nSPS) is 21.3. The molecule has 8 nitrogen and oxygen atoms in total. The van der Waals surface area contributed by atoms with Gasteiger partial charge < -0.3 is 25.5 Å². The first-order chi connectivity index (χ1) is 16.0. The zero-order chi connectivity index (χ0) is 23.6. The molecular formula is C25H33N3O5. The average molecular weight is 456 g/mol. The molecule has 1 aromatic heterocycles. The maximum absolute atomic E-state index is 13.2. The number of rotatable bonds is 6. The van der Waals surface area contributed by atoms with Crippen molar-refractivity contribution in [3.05, 3.63) is 48.2 Å². The highest BCUT2D eigenvalue weighted by Gasteiger charge is 2.25. The molecule has 3 rings (SSSR count). The molecule has 1 aromatic carbocycles. The number of H-pyrrole nitrogens is 1. The van der Waals surface area contributed by atoms with Crippen LogP contribution in [0.2, 0.25) is 0 Å². The van der Waals surface area contributed by atoms with Gasteiger partial charge >= 0.3 is 5.97 Å². The zero-order valence-corrected chi connectivity index (χ0v) is 19.0. The van der Waals surface area contributed by atoms with Gasteiger partial charge in [-0.15, -0.1) is 0 Å². The molecule has 0 bridgehead atoms. The number of aromatic amines is 1. The third-order valence-electron chi connectivity index (χ3n) is 5.76. The SMILES string of the molecule is C[C@@H](CO)NC(=O)C[C@H]1CC=CCCCC(=O)OC[C@H](Cc2c[nH]c3ccccc23)NC1=O. The number of carbonyl (C=O) groups is 3. The number of esters is 1. The summed E-state index contributed by atoms with van der Waals surface area (Å²) in [6, 6.07) is 7.10. The summed E-state index contributed by atoms with van der Waals surface area (Å²) >= 11 is 0. The van der Waals surface area contributed by atoms with Crippen molar-refractivity contribution in [2.24, 2.45) is 5.92 Å². The number of hydrogen-bond acceptors (Lipinski definition) is 5. The maximum Gasteiger partial charge on any atom is 0.305 e. The standard InChI is InChI=1S/C25H33N3O5/c1-17(15-29)27-23(30)13-18-8-4-2-3-5-11-24(31)33-16-20(28-25(18)32)12-19-14-26-22-10-7-6-9-21(19)22/h2,4,6-7,9-10,14,17-18,20,26,29H,3,5,8,11-13,15-16H2,1H3,(H,27,30)(H,28,32)/t17-,18+,20-/m0/s1. The van der Waals surface area contributed by atoms with Crippen molar-refractivity contribution in [3.63, 3.8) is 0 Å². The monoisotopic (exact) mass is 455 g/mol. The fraction of sp³-hybridized carbons (Fsp3) is 0.480. The molecule has 0 aliphatic carbocycles. The second-order valence-electron chi connectivity index (χ2n) is 8.60. The Kier molecular flexibility index (Phi) is 9.06. The number of aliphatic hydroxyl groups excluding tert-OH is 1. The smallest absolute Gasteiger partial charge is 0.305 e. The van der Waals surface area contributed by atoms with Gasteiger partial charge in [-0.1, -0.05) is 30.4 Å². The van der Waals surface area contributed by atoms with Crippen LogP contribution in [0.1, 0.15) is 44.6 Å². The molecule has 0 spiro atoms. The molecular weight excluding hydrogens is 422 g/mol. The minimum Gasteiger partial charge on any atom is -0.463 e. The van der Waals surface area contributed by atoms with E-state index >= 15 is 0 Å². The van der Waals surface area contributed by atoms with Crippen molar-refractivity contribution >= 4 is 28.7 Å². The van der Waals surface area contributed by atoms with Crippen LogP contribution in [0.4, 0.5) is 0 Å². The van der Waals surface area contributed by atoms with E-state index in [1.807, 2.05) is 42.6 Å². The zero-order valence-electron chi connectivity index (χ0n) is 19.0. The number of ether oxygens (including phenoxy) is 1. The number of amides is 2. The van der Waals surface area contributed by atoms with Gasteiger partial charge in [-0.3, -0.25) is 14.4 Å². The summed E-state index contributed by atoms with van der Waals surface area (Å²) in [7, 11) is 0. The molecule has 0 fully saturated rings. The summed E-state index contributed by atoms with van der Waals surface area (Å²) in [5.74, 6) is -1.38. The van der Waals surface area contributed by atoms with Crippen LogP contribution >= 0.6 is 0 Å². The topological polar surface area (TPSA) is 121 Å². The van der Waals surface area contributed by atoms with Gasteiger partial charge in [-0.25, -0.2) is 0 Å². The fourth-order valence-electron chi connectivity index (χ4n) is 3.93. The van der Waals surface area contributed by atoms with Gasteiger partial charge in [0.1, 0.15) is 6.61 Å². The number of allylic oxidation sites excluding steroid dienone is 2. The highest BCUT2D eigenvalue weighted by atomic mass is 16.5. The number of carbonyl (C=O) groups excluding carboxylic acids is 3. The van der Waals surface area contributed by atoms with Crippen molar-refractivity contribution in [3.8, 4) is 0 Å². The summed E-state index contributed by atoms with van der Waals surface area (Å²) in [4.78, 5) is 40.9. The number of para-hydroxylation sites is 1. The molecule has 0 saturated heterocycles. The molecule has 1 aliphatic rings. The predicted octanol–water partition coefficient (Wildman–Crippen LogP) is 2.37. The van der Waals surface area contributed by atoms with E-state index in [0.29, 0.717) is 32.1 Å². The van der Waals surface area contributed by atoms with E-state index in [4.69, 9.17) is 4.74 Å². The largest absolute Gasteiger partial charge is 0.463 e. The Morgan fingerprint density at radius 3 is 2.91 bits per heavy atom. The van der Waals surface area contributed by atoms with E-state index in [1.54, 1.807) is 6.92 Å². The third-order valence-corrected chi connectivity index (χ3v) is 5.76. The van der Waals surface area contributed by atoms with E-state index in [0.717, 1.165) is 16.5 Å². The predicted molar refractivity (Wildman–Crippen MR) is 125 cm³/mol. The van der Waals surface area contributed by atoms with Crippen molar-refractivity contribution in [1.29, 1.82) is 0 Å². The molecule has 2 amide bonds. The lowest BCUT2D eigenvalue weighted by molar-refractivity contribution is -0.145. The van der Waals surface area contributed by atoms with Gasteiger partial charge in [-0.2, -0.15) is 0 Å². The number of benzene rings is 1. The minimum absolute atomic E-state index is 0.0140. The second-order valence-corrected chi connectivity index (χ2v) is 8.60. The first-order valence-electron chi connectivity index (χ1n) is 11.5. The summed E-state index contributed by atoms with van der Waals surface area (Å²) in [5.41, 5.74) is 2.01. The summed E-state index contributed by atoms with van der Waals surface area (Å²) in [6.07, 6.45) is 8.35. The lowest BCUT2D eigenvalue weighted by Crippen LogP contribution is -2.45. The number of hydrogen-bond donors (Lipinski definition) is 4. The molecule has 2 heterocycles. The van der Waals surface area contributed by atoms with Gasteiger partial charge in [0.2, 0.25) is 11.8 Å². The van der Waals surface area contributed by atoms with Crippen molar-refractivity contribution in [2.75, 3.05) is 13.2 Å². The van der Waals surface area contributed by atoms with Crippen molar-refractivity contribution in [1.82, 2.24) is 15.6 Å². The summed E-state index contributed by atoms with van der Waals surface area (Å²) < 4.78 is 5.47. The average Bonchev–Trinajstić information content (AvgIpc) is 3.21. The molecule has 0 saturated carbocycles. The van der Waals surface area contributed by atoms with Crippen molar-refractivity contribution in [2.45, 2.75) is 57.5 Å².